The number of aromatic nitrogens is 5. The van der Waals surface area contributed by atoms with Crippen molar-refractivity contribution in [2.24, 2.45) is 0 Å². The molecule has 5 rings (SSSR count). The van der Waals surface area contributed by atoms with Gasteiger partial charge in [0.1, 0.15) is 6.54 Å². The van der Waals surface area contributed by atoms with Crippen LogP contribution in [0.3, 0.4) is 0 Å². The minimum absolute atomic E-state index is 0.108. The summed E-state index contributed by atoms with van der Waals surface area (Å²) in [6.45, 7) is 3.11. The van der Waals surface area contributed by atoms with Gasteiger partial charge in [0, 0.05) is 44.1 Å². The average molecular weight is 399 g/mol. The standard InChI is InChI=1S/C22H21N7O/c30-22(15-29-16-24-19-3-1-2-4-20(19)29)28-13-11-27(12-14-28)21-6-5-18(25-26-21)17-7-9-23-10-8-17/h1-10,16H,11-15H2. The summed E-state index contributed by atoms with van der Waals surface area (Å²) in [6.07, 6.45) is 5.22. The molecule has 1 aromatic carbocycles. The van der Waals surface area contributed by atoms with E-state index < -0.39 is 0 Å². The number of fused-ring (bicyclic) bond motifs is 1. The predicted molar refractivity (Wildman–Crippen MR) is 114 cm³/mol. The maximum Gasteiger partial charge on any atom is 0.242 e. The Labute approximate surface area is 173 Å². The normalized spacial score (nSPS) is 14.3. The first-order valence-corrected chi connectivity index (χ1v) is 9.95. The van der Waals surface area contributed by atoms with Crippen molar-refractivity contribution >= 4 is 22.8 Å². The average Bonchev–Trinajstić information content (AvgIpc) is 3.23. The summed E-state index contributed by atoms with van der Waals surface area (Å²) in [7, 11) is 0. The topological polar surface area (TPSA) is 80.0 Å². The molecule has 0 spiro atoms. The van der Waals surface area contributed by atoms with E-state index in [9.17, 15) is 4.79 Å². The second-order valence-electron chi connectivity index (χ2n) is 7.24. The van der Waals surface area contributed by atoms with E-state index in [1.165, 1.54) is 0 Å². The molecule has 8 nitrogen and oxygen atoms in total. The summed E-state index contributed by atoms with van der Waals surface area (Å²) in [6, 6.07) is 15.6. The van der Waals surface area contributed by atoms with Crippen LogP contribution in [0.5, 0.6) is 0 Å². The number of benzene rings is 1. The fourth-order valence-corrected chi connectivity index (χ4v) is 3.74. The van der Waals surface area contributed by atoms with Crippen LogP contribution in [0.25, 0.3) is 22.3 Å². The molecule has 3 aromatic heterocycles. The second kappa shape index (κ2) is 7.90. The first kappa shape index (κ1) is 18.2. The summed E-state index contributed by atoms with van der Waals surface area (Å²) in [4.78, 5) is 25.2. The molecule has 1 saturated heterocycles. The number of hydrogen-bond donors (Lipinski definition) is 0. The Kier molecular flexibility index (Phi) is 4.80. The zero-order valence-corrected chi connectivity index (χ0v) is 16.4. The molecule has 0 bridgehead atoms. The molecule has 1 aliphatic rings. The lowest BCUT2D eigenvalue weighted by molar-refractivity contribution is -0.132. The Morgan fingerprint density at radius 3 is 2.47 bits per heavy atom. The van der Waals surface area contributed by atoms with Crippen LogP contribution in [0.1, 0.15) is 0 Å². The van der Waals surface area contributed by atoms with Crippen molar-refractivity contribution < 1.29 is 4.79 Å². The van der Waals surface area contributed by atoms with Gasteiger partial charge in [0.15, 0.2) is 5.82 Å². The number of piperazine rings is 1. The number of imidazole rings is 1. The van der Waals surface area contributed by atoms with Crippen molar-refractivity contribution in [3.63, 3.8) is 0 Å². The summed E-state index contributed by atoms with van der Waals surface area (Å²) in [5.74, 6) is 0.942. The molecule has 0 saturated carbocycles. The molecule has 4 heterocycles. The highest BCUT2D eigenvalue weighted by atomic mass is 16.2. The maximum absolute atomic E-state index is 12.8. The molecule has 0 atom stereocenters. The van der Waals surface area contributed by atoms with Gasteiger partial charge in [-0.1, -0.05) is 12.1 Å². The Morgan fingerprint density at radius 1 is 0.900 bits per heavy atom. The molecule has 0 N–H and O–H groups in total. The third kappa shape index (κ3) is 3.59. The molecule has 30 heavy (non-hydrogen) atoms. The van der Waals surface area contributed by atoms with Gasteiger partial charge in [0.25, 0.3) is 0 Å². The van der Waals surface area contributed by atoms with E-state index in [-0.39, 0.29) is 5.91 Å². The lowest BCUT2D eigenvalue weighted by Crippen LogP contribution is -2.49. The molecule has 0 radical (unpaired) electrons. The number of amides is 1. The van der Waals surface area contributed by atoms with Gasteiger partial charge in [-0.3, -0.25) is 9.78 Å². The number of carbonyl (C=O) groups excluding carboxylic acids is 1. The zero-order chi connectivity index (χ0) is 20.3. The molecular weight excluding hydrogens is 378 g/mol. The third-order valence-corrected chi connectivity index (χ3v) is 5.42. The number of carbonyl (C=O) groups is 1. The number of anilines is 1. The van der Waals surface area contributed by atoms with Gasteiger partial charge in [-0.25, -0.2) is 4.98 Å². The Hall–Kier alpha value is -3.81. The number of para-hydroxylation sites is 2. The van der Waals surface area contributed by atoms with Crippen molar-refractivity contribution in [3.8, 4) is 11.3 Å². The fraction of sp³-hybridized carbons (Fsp3) is 0.227. The molecule has 8 heteroatoms. The van der Waals surface area contributed by atoms with Crippen LogP contribution in [-0.4, -0.2) is 61.7 Å². The van der Waals surface area contributed by atoms with Crippen LogP contribution in [0.15, 0.2) is 67.3 Å². The lowest BCUT2D eigenvalue weighted by Gasteiger charge is -2.35. The highest BCUT2D eigenvalue weighted by Crippen LogP contribution is 2.19. The van der Waals surface area contributed by atoms with Crippen LogP contribution in [-0.2, 0) is 11.3 Å². The van der Waals surface area contributed by atoms with Crippen molar-refractivity contribution in [2.45, 2.75) is 6.54 Å². The van der Waals surface area contributed by atoms with Crippen LogP contribution in [0.4, 0.5) is 5.82 Å². The predicted octanol–water partition coefficient (Wildman–Crippen LogP) is 2.24. The number of nitrogens with zero attached hydrogens (tertiary/aromatic N) is 7. The molecule has 1 amide bonds. The van der Waals surface area contributed by atoms with Gasteiger partial charge in [0.2, 0.25) is 5.91 Å². The second-order valence-corrected chi connectivity index (χ2v) is 7.24. The van der Waals surface area contributed by atoms with E-state index in [1.807, 2.05) is 58.0 Å². The zero-order valence-electron chi connectivity index (χ0n) is 16.4. The molecule has 150 valence electrons. The minimum Gasteiger partial charge on any atom is -0.352 e. The SMILES string of the molecule is O=C(Cn1cnc2ccccc21)N1CCN(c2ccc(-c3ccncc3)nn2)CC1. The largest absolute Gasteiger partial charge is 0.352 e. The van der Waals surface area contributed by atoms with Gasteiger partial charge in [-0.2, -0.15) is 0 Å². The Balaban J connectivity index is 1.20. The van der Waals surface area contributed by atoms with E-state index in [1.54, 1.807) is 18.7 Å². The van der Waals surface area contributed by atoms with Crippen molar-refractivity contribution in [1.82, 2.24) is 29.6 Å². The van der Waals surface area contributed by atoms with Crippen LogP contribution < -0.4 is 4.90 Å². The lowest BCUT2D eigenvalue weighted by atomic mass is 10.2. The molecule has 0 aliphatic carbocycles. The van der Waals surface area contributed by atoms with Crippen LogP contribution >= 0.6 is 0 Å². The highest BCUT2D eigenvalue weighted by molar-refractivity contribution is 5.80. The van der Waals surface area contributed by atoms with Crippen LogP contribution in [0.2, 0.25) is 0 Å². The van der Waals surface area contributed by atoms with E-state index >= 15 is 0 Å². The number of pyridine rings is 1. The maximum atomic E-state index is 12.8. The monoisotopic (exact) mass is 399 g/mol. The number of rotatable bonds is 4. The summed E-state index contributed by atoms with van der Waals surface area (Å²) >= 11 is 0. The molecule has 0 unspecified atom stereocenters. The van der Waals surface area contributed by atoms with E-state index in [0.717, 1.165) is 41.2 Å². The van der Waals surface area contributed by atoms with Crippen molar-refractivity contribution in [2.75, 3.05) is 31.1 Å². The fourth-order valence-electron chi connectivity index (χ4n) is 3.74. The summed E-state index contributed by atoms with van der Waals surface area (Å²) < 4.78 is 1.91. The Bertz CT molecular complexity index is 1150. The van der Waals surface area contributed by atoms with Gasteiger partial charge in [-0.15, -0.1) is 10.2 Å². The first-order valence-electron chi connectivity index (χ1n) is 9.95. The minimum atomic E-state index is 0.108. The van der Waals surface area contributed by atoms with Gasteiger partial charge in [0.05, 0.1) is 23.1 Å². The quantitative estimate of drug-likeness (QED) is 0.524. The Morgan fingerprint density at radius 2 is 1.70 bits per heavy atom. The molecule has 1 aliphatic heterocycles. The molecule has 4 aromatic rings. The van der Waals surface area contributed by atoms with Crippen LogP contribution in [0, 0.1) is 0 Å². The van der Waals surface area contributed by atoms with E-state index in [4.69, 9.17) is 0 Å². The number of hydrogen-bond acceptors (Lipinski definition) is 6. The highest BCUT2D eigenvalue weighted by Gasteiger charge is 2.22. The first-order chi connectivity index (χ1) is 14.8. The summed E-state index contributed by atoms with van der Waals surface area (Å²) in [5, 5.41) is 8.73. The van der Waals surface area contributed by atoms with Gasteiger partial charge in [-0.05, 0) is 36.4 Å². The smallest absolute Gasteiger partial charge is 0.242 e. The van der Waals surface area contributed by atoms with E-state index in [2.05, 4.69) is 25.1 Å². The molecule has 1 fully saturated rings. The summed E-state index contributed by atoms with van der Waals surface area (Å²) in [5.41, 5.74) is 3.70. The van der Waals surface area contributed by atoms with Gasteiger partial charge >= 0.3 is 0 Å². The van der Waals surface area contributed by atoms with Crippen molar-refractivity contribution in [1.29, 1.82) is 0 Å². The molecular formula is C22H21N7O. The van der Waals surface area contributed by atoms with Gasteiger partial charge < -0.3 is 14.4 Å². The third-order valence-electron chi connectivity index (χ3n) is 5.42. The van der Waals surface area contributed by atoms with E-state index in [0.29, 0.717) is 19.6 Å². The van der Waals surface area contributed by atoms with Crippen molar-refractivity contribution in [3.05, 3.63) is 67.3 Å².